The maximum atomic E-state index is 12.1. The van der Waals surface area contributed by atoms with Gasteiger partial charge in [-0.3, -0.25) is 0 Å². The molecule has 0 unspecified atom stereocenters. The average molecular weight is 267 g/mol. The SMILES string of the molecule is CC(C)c1ccc(S(=O)(=O)CCNC2CC2)cc1. The van der Waals surface area contributed by atoms with Crippen molar-refractivity contribution >= 4 is 9.84 Å². The molecular formula is C14H21NO2S. The molecular weight excluding hydrogens is 246 g/mol. The third-order valence-corrected chi connectivity index (χ3v) is 5.02. The molecule has 1 aliphatic carbocycles. The topological polar surface area (TPSA) is 46.2 Å². The van der Waals surface area contributed by atoms with E-state index in [1.54, 1.807) is 12.1 Å². The molecule has 1 aromatic carbocycles. The second-order valence-electron chi connectivity index (χ2n) is 5.27. The Bertz CT molecular complexity index is 487. The summed E-state index contributed by atoms with van der Waals surface area (Å²) in [5.41, 5.74) is 1.17. The van der Waals surface area contributed by atoms with Gasteiger partial charge in [0.25, 0.3) is 0 Å². The van der Waals surface area contributed by atoms with Gasteiger partial charge < -0.3 is 5.32 Å². The summed E-state index contributed by atoms with van der Waals surface area (Å²) in [5.74, 6) is 0.614. The van der Waals surface area contributed by atoms with Gasteiger partial charge in [-0.05, 0) is 36.5 Å². The molecule has 0 radical (unpaired) electrons. The molecule has 0 atom stereocenters. The molecule has 4 heteroatoms. The van der Waals surface area contributed by atoms with E-state index in [1.807, 2.05) is 12.1 Å². The van der Waals surface area contributed by atoms with Gasteiger partial charge in [0.2, 0.25) is 0 Å². The summed E-state index contributed by atoms with van der Waals surface area (Å²) >= 11 is 0. The molecule has 0 amide bonds. The molecule has 3 nitrogen and oxygen atoms in total. The molecule has 0 aromatic heterocycles. The van der Waals surface area contributed by atoms with Crippen LogP contribution in [0.25, 0.3) is 0 Å². The molecule has 0 heterocycles. The Labute approximate surface area is 110 Å². The van der Waals surface area contributed by atoms with E-state index < -0.39 is 9.84 Å². The monoisotopic (exact) mass is 267 g/mol. The lowest BCUT2D eigenvalue weighted by atomic mass is 10.0. The molecule has 1 aliphatic rings. The van der Waals surface area contributed by atoms with Crippen LogP contribution < -0.4 is 5.32 Å². The van der Waals surface area contributed by atoms with Gasteiger partial charge in [-0.1, -0.05) is 26.0 Å². The predicted octanol–water partition coefficient (Wildman–Crippen LogP) is 2.34. The zero-order valence-corrected chi connectivity index (χ0v) is 11.8. The van der Waals surface area contributed by atoms with Crippen LogP contribution in [0.4, 0.5) is 0 Å². The van der Waals surface area contributed by atoms with Crippen molar-refractivity contribution in [3.63, 3.8) is 0 Å². The van der Waals surface area contributed by atoms with Crippen LogP contribution in [0.3, 0.4) is 0 Å². The zero-order valence-electron chi connectivity index (χ0n) is 11.0. The smallest absolute Gasteiger partial charge is 0.179 e. The van der Waals surface area contributed by atoms with Crippen LogP contribution in [0, 0.1) is 0 Å². The normalized spacial score (nSPS) is 16.2. The molecule has 18 heavy (non-hydrogen) atoms. The highest BCUT2D eigenvalue weighted by Gasteiger charge is 2.21. The van der Waals surface area contributed by atoms with E-state index in [1.165, 1.54) is 18.4 Å². The summed E-state index contributed by atoms with van der Waals surface area (Å²) in [6.07, 6.45) is 2.37. The number of benzene rings is 1. The zero-order chi connectivity index (χ0) is 13.2. The minimum absolute atomic E-state index is 0.185. The van der Waals surface area contributed by atoms with Crippen molar-refractivity contribution in [1.29, 1.82) is 0 Å². The Balaban J connectivity index is 1.99. The molecule has 1 N–H and O–H groups in total. The third-order valence-electron chi connectivity index (χ3n) is 3.29. The van der Waals surface area contributed by atoms with Crippen LogP contribution in [-0.4, -0.2) is 26.8 Å². The van der Waals surface area contributed by atoms with Crippen molar-refractivity contribution in [2.75, 3.05) is 12.3 Å². The van der Waals surface area contributed by atoms with Crippen molar-refractivity contribution in [2.24, 2.45) is 0 Å². The van der Waals surface area contributed by atoms with Crippen molar-refractivity contribution < 1.29 is 8.42 Å². The molecule has 0 aliphatic heterocycles. The first-order valence-corrected chi connectivity index (χ1v) is 8.20. The standard InChI is InChI=1S/C14H21NO2S/c1-11(2)12-3-7-14(8-4-12)18(16,17)10-9-15-13-5-6-13/h3-4,7-8,11,13,15H,5-6,9-10H2,1-2H3. The molecule has 1 fully saturated rings. The van der Waals surface area contributed by atoms with Crippen LogP contribution in [-0.2, 0) is 9.84 Å². The minimum Gasteiger partial charge on any atom is -0.313 e. The highest BCUT2D eigenvalue weighted by atomic mass is 32.2. The quantitative estimate of drug-likeness (QED) is 0.860. The summed E-state index contributed by atoms with van der Waals surface area (Å²) < 4.78 is 24.2. The van der Waals surface area contributed by atoms with Gasteiger partial charge in [0.05, 0.1) is 10.6 Å². The lowest BCUT2D eigenvalue weighted by molar-refractivity contribution is 0.590. The average Bonchev–Trinajstić information content (AvgIpc) is 3.13. The fourth-order valence-corrected chi connectivity index (χ4v) is 3.04. The molecule has 0 bridgehead atoms. The van der Waals surface area contributed by atoms with Gasteiger partial charge in [-0.15, -0.1) is 0 Å². The van der Waals surface area contributed by atoms with Crippen molar-refractivity contribution in [1.82, 2.24) is 5.32 Å². The number of hydrogen-bond donors (Lipinski definition) is 1. The van der Waals surface area contributed by atoms with Crippen molar-refractivity contribution in [3.05, 3.63) is 29.8 Å². The van der Waals surface area contributed by atoms with Crippen molar-refractivity contribution in [2.45, 2.75) is 43.5 Å². The van der Waals surface area contributed by atoms with Crippen molar-refractivity contribution in [3.8, 4) is 0 Å². The van der Waals surface area contributed by atoms with Crippen LogP contribution in [0.2, 0.25) is 0 Å². The molecule has 100 valence electrons. The van der Waals surface area contributed by atoms with Gasteiger partial charge in [0, 0.05) is 12.6 Å². The Hall–Kier alpha value is -0.870. The van der Waals surface area contributed by atoms with E-state index >= 15 is 0 Å². The van der Waals surface area contributed by atoms with Gasteiger partial charge >= 0.3 is 0 Å². The fourth-order valence-electron chi connectivity index (χ4n) is 1.86. The Morgan fingerprint density at radius 2 is 1.83 bits per heavy atom. The summed E-state index contributed by atoms with van der Waals surface area (Å²) in [7, 11) is -3.13. The first-order chi connectivity index (χ1) is 8.49. The van der Waals surface area contributed by atoms with Crippen LogP contribution in [0.5, 0.6) is 0 Å². The number of sulfone groups is 1. The fraction of sp³-hybridized carbons (Fsp3) is 0.571. The largest absolute Gasteiger partial charge is 0.313 e. The Kier molecular flexibility index (Phi) is 4.07. The number of hydrogen-bond acceptors (Lipinski definition) is 3. The molecule has 1 aromatic rings. The number of rotatable bonds is 6. The second-order valence-corrected chi connectivity index (χ2v) is 7.38. The van der Waals surface area contributed by atoms with Crippen LogP contribution >= 0.6 is 0 Å². The van der Waals surface area contributed by atoms with E-state index in [4.69, 9.17) is 0 Å². The van der Waals surface area contributed by atoms with E-state index in [0.29, 0.717) is 23.4 Å². The minimum atomic E-state index is -3.13. The second kappa shape index (κ2) is 5.41. The van der Waals surface area contributed by atoms with Gasteiger partial charge in [0.1, 0.15) is 0 Å². The third kappa shape index (κ3) is 3.56. The maximum absolute atomic E-state index is 12.1. The summed E-state index contributed by atoms with van der Waals surface area (Å²) in [6.45, 7) is 4.76. The highest BCUT2D eigenvalue weighted by Crippen LogP contribution is 2.20. The molecule has 1 saturated carbocycles. The lowest BCUT2D eigenvalue weighted by Gasteiger charge is -2.08. The summed E-state index contributed by atoms with van der Waals surface area (Å²) in [5, 5.41) is 3.23. The van der Waals surface area contributed by atoms with Gasteiger partial charge in [-0.25, -0.2) is 8.42 Å². The Morgan fingerprint density at radius 3 is 2.33 bits per heavy atom. The lowest BCUT2D eigenvalue weighted by Crippen LogP contribution is -2.24. The Morgan fingerprint density at radius 1 is 1.22 bits per heavy atom. The highest BCUT2D eigenvalue weighted by molar-refractivity contribution is 7.91. The van der Waals surface area contributed by atoms with E-state index in [9.17, 15) is 8.42 Å². The molecule has 2 rings (SSSR count). The number of nitrogens with one attached hydrogen (secondary N) is 1. The predicted molar refractivity (Wildman–Crippen MR) is 73.6 cm³/mol. The van der Waals surface area contributed by atoms with E-state index in [2.05, 4.69) is 19.2 Å². The van der Waals surface area contributed by atoms with Crippen LogP contribution in [0.1, 0.15) is 38.2 Å². The van der Waals surface area contributed by atoms with Crippen LogP contribution in [0.15, 0.2) is 29.2 Å². The maximum Gasteiger partial charge on any atom is 0.179 e. The summed E-state index contributed by atoms with van der Waals surface area (Å²) in [4.78, 5) is 0.435. The van der Waals surface area contributed by atoms with E-state index in [0.717, 1.165) is 0 Å². The molecule has 0 spiro atoms. The first kappa shape index (κ1) is 13.6. The first-order valence-electron chi connectivity index (χ1n) is 6.55. The van der Waals surface area contributed by atoms with Gasteiger partial charge in [-0.2, -0.15) is 0 Å². The molecule has 0 saturated heterocycles. The van der Waals surface area contributed by atoms with Gasteiger partial charge in [0.15, 0.2) is 9.84 Å². The van der Waals surface area contributed by atoms with E-state index in [-0.39, 0.29) is 5.75 Å². The summed E-state index contributed by atoms with van der Waals surface area (Å²) in [6, 6.07) is 7.82.